The molecule has 0 unspecified atom stereocenters. The van der Waals surface area contributed by atoms with Gasteiger partial charge in [0.05, 0.1) is 6.20 Å². The highest BCUT2D eigenvalue weighted by Gasteiger charge is 2.54. The number of aromatic amines is 1. The summed E-state index contributed by atoms with van der Waals surface area (Å²) in [7, 11) is 0. The number of benzene rings is 1. The van der Waals surface area contributed by atoms with Crippen LogP contribution < -0.4 is 10.6 Å². The second-order valence-corrected chi connectivity index (χ2v) is 10.3. The first kappa shape index (κ1) is 32.5. The smallest absolute Gasteiger partial charge is 0.326 e. The van der Waals surface area contributed by atoms with Crippen molar-refractivity contribution in [2.75, 3.05) is 5.32 Å². The number of halogens is 6. The maximum Gasteiger partial charge on any atom is 0.458 e. The van der Waals surface area contributed by atoms with Gasteiger partial charge in [-0.25, -0.2) is 4.98 Å². The van der Waals surface area contributed by atoms with E-state index in [1.807, 2.05) is 12.1 Å². The van der Waals surface area contributed by atoms with E-state index in [0.717, 1.165) is 36.9 Å². The SMILES string of the molecule is C[C@H]1CC(c2ccc(NC(=O)c3ncc(C#N)[nH]3)c(C3=CCCCC3)c2)C[C@H](C)N1.O=C(C(=O)C(F)(F)F)C(F)(F)F. The first-order valence-corrected chi connectivity index (χ1v) is 13.2. The summed E-state index contributed by atoms with van der Waals surface area (Å²) in [6.45, 7) is 4.50. The predicted molar refractivity (Wildman–Crippen MR) is 140 cm³/mol. The molecule has 0 spiro atoms. The summed E-state index contributed by atoms with van der Waals surface area (Å²) in [4.78, 5) is 38.7. The number of anilines is 1. The number of H-pyrrole nitrogens is 1. The Labute approximate surface area is 237 Å². The summed E-state index contributed by atoms with van der Waals surface area (Å²) in [6, 6.07) is 9.44. The van der Waals surface area contributed by atoms with Gasteiger partial charge in [0.2, 0.25) is 0 Å². The molecule has 1 saturated heterocycles. The van der Waals surface area contributed by atoms with Crippen molar-refractivity contribution in [2.45, 2.75) is 82.7 Å². The number of imidazole rings is 1. The standard InChI is InChI=1S/C24H29N5O.C4F6O2/c1-15-10-19(11-16(2)27-15)18-8-9-22(21(12-18)17-6-4-3-5-7-17)29-24(30)23-26-14-20(13-25)28-23;5-3(6,7)1(11)2(12)4(8,9)10/h6,8-9,12,14-16,19,27H,3-5,7,10-11H2,1-2H3,(H,26,28)(H,29,30);/t15-,16-;/m0./s1. The van der Waals surface area contributed by atoms with Gasteiger partial charge in [-0.1, -0.05) is 12.1 Å². The zero-order valence-electron chi connectivity index (χ0n) is 22.7. The van der Waals surface area contributed by atoms with E-state index >= 15 is 0 Å². The molecule has 0 radical (unpaired) electrons. The highest BCUT2D eigenvalue weighted by Crippen LogP contribution is 2.37. The first-order valence-electron chi connectivity index (χ1n) is 13.2. The second-order valence-electron chi connectivity index (χ2n) is 10.3. The van der Waals surface area contributed by atoms with Gasteiger partial charge in [0.1, 0.15) is 11.8 Å². The number of hydrogen-bond donors (Lipinski definition) is 3. The third-order valence-corrected chi connectivity index (χ3v) is 6.88. The summed E-state index contributed by atoms with van der Waals surface area (Å²) >= 11 is 0. The van der Waals surface area contributed by atoms with Crippen LogP contribution in [0.25, 0.3) is 5.57 Å². The molecular weight excluding hydrogens is 568 g/mol. The van der Waals surface area contributed by atoms with Crippen molar-refractivity contribution in [3.8, 4) is 6.07 Å². The lowest BCUT2D eigenvalue weighted by Gasteiger charge is -2.33. The maximum atomic E-state index is 12.7. The summed E-state index contributed by atoms with van der Waals surface area (Å²) in [5, 5.41) is 15.6. The molecule has 1 aromatic heterocycles. The van der Waals surface area contributed by atoms with E-state index in [2.05, 4.69) is 52.7 Å². The van der Waals surface area contributed by atoms with Crippen LogP contribution in [0.4, 0.5) is 32.0 Å². The van der Waals surface area contributed by atoms with Crippen LogP contribution in [0.15, 0.2) is 30.5 Å². The van der Waals surface area contributed by atoms with E-state index in [4.69, 9.17) is 5.26 Å². The van der Waals surface area contributed by atoms with Crippen LogP contribution in [0.3, 0.4) is 0 Å². The lowest BCUT2D eigenvalue weighted by molar-refractivity contribution is -0.193. The number of nitrogens with zero attached hydrogens (tertiary/aromatic N) is 2. The van der Waals surface area contributed by atoms with Crippen molar-refractivity contribution < 1.29 is 40.7 Å². The molecule has 3 N–H and O–H groups in total. The van der Waals surface area contributed by atoms with E-state index in [9.17, 15) is 40.7 Å². The zero-order chi connectivity index (χ0) is 31.2. The Morgan fingerprint density at radius 1 is 1.00 bits per heavy atom. The number of aromatic nitrogens is 2. The molecule has 2 heterocycles. The molecule has 1 fully saturated rings. The predicted octanol–water partition coefficient (Wildman–Crippen LogP) is 5.98. The Balaban J connectivity index is 0.000000343. The number of Topliss-reactive ketones (excluding diaryl/α,β-unsaturated/α-hetero) is 2. The van der Waals surface area contributed by atoms with Crippen molar-refractivity contribution >= 4 is 28.7 Å². The van der Waals surface area contributed by atoms with E-state index in [1.165, 1.54) is 30.2 Å². The molecule has 0 bridgehead atoms. The molecule has 42 heavy (non-hydrogen) atoms. The lowest BCUT2D eigenvalue weighted by atomic mass is 9.82. The Hall–Kier alpha value is -3.99. The van der Waals surface area contributed by atoms with Gasteiger partial charge in [-0.05, 0) is 81.6 Å². The summed E-state index contributed by atoms with van der Waals surface area (Å²) in [5.41, 5.74) is 4.86. The molecule has 1 amide bonds. The number of ketones is 2. The fourth-order valence-corrected chi connectivity index (χ4v) is 5.05. The van der Waals surface area contributed by atoms with Gasteiger partial charge >= 0.3 is 23.9 Å². The zero-order valence-corrected chi connectivity index (χ0v) is 22.7. The van der Waals surface area contributed by atoms with Crippen LogP contribution >= 0.6 is 0 Å². The first-order chi connectivity index (χ1) is 19.6. The quantitative estimate of drug-likeness (QED) is 0.287. The maximum absolute atomic E-state index is 12.7. The number of amides is 1. The van der Waals surface area contributed by atoms with Crippen molar-refractivity contribution in [2.24, 2.45) is 0 Å². The molecule has 1 aromatic carbocycles. The third-order valence-electron chi connectivity index (χ3n) is 6.88. The van der Waals surface area contributed by atoms with Crippen LogP contribution in [0, 0.1) is 11.3 Å². The van der Waals surface area contributed by atoms with Gasteiger partial charge in [0.25, 0.3) is 5.91 Å². The van der Waals surface area contributed by atoms with Gasteiger partial charge in [-0.15, -0.1) is 0 Å². The van der Waals surface area contributed by atoms with Gasteiger partial charge < -0.3 is 15.6 Å². The van der Waals surface area contributed by atoms with Gasteiger partial charge in [-0.3, -0.25) is 14.4 Å². The molecule has 1 aliphatic heterocycles. The Morgan fingerprint density at radius 3 is 2.12 bits per heavy atom. The number of nitrogens with one attached hydrogen (secondary N) is 3. The number of allylic oxidation sites excluding steroid dienone is 2. The van der Waals surface area contributed by atoms with Crippen LogP contribution in [0.1, 0.15) is 85.7 Å². The fraction of sp³-hybridized carbons (Fsp3) is 0.464. The van der Waals surface area contributed by atoms with Crippen LogP contribution in [-0.4, -0.2) is 51.9 Å². The van der Waals surface area contributed by atoms with E-state index < -0.39 is 23.9 Å². The Bertz CT molecular complexity index is 1360. The molecule has 2 aliphatic rings. The molecule has 8 nitrogen and oxygen atoms in total. The number of alkyl halides is 6. The number of nitriles is 1. The molecule has 226 valence electrons. The lowest BCUT2D eigenvalue weighted by Crippen LogP contribution is -2.41. The summed E-state index contributed by atoms with van der Waals surface area (Å²) in [6.07, 6.45) is -1.10. The summed E-state index contributed by atoms with van der Waals surface area (Å²) in [5.74, 6) is -6.47. The fourth-order valence-electron chi connectivity index (χ4n) is 5.05. The van der Waals surface area contributed by atoms with Crippen LogP contribution in [-0.2, 0) is 9.59 Å². The van der Waals surface area contributed by atoms with E-state index in [1.54, 1.807) is 0 Å². The highest BCUT2D eigenvalue weighted by atomic mass is 19.4. The molecule has 0 saturated carbocycles. The normalized spacial score (nSPS) is 20.8. The largest absolute Gasteiger partial charge is 0.458 e. The number of carbonyl (C=O) groups excluding carboxylic acids is 3. The van der Waals surface area contributed by atoms with Gasteiger partial charge in [-0.2, -0.15) is 31.6 Å². The monoisotopic (exact) mass is 597 g/mol. The molecule has 14 heteroatoms. The van der Waals surface area contributed by atoms with Crippen molar-refractivity contribution in [1.82, 2.24) is 15.3 Å². The van der Waals surface area contributed by atoms with Crippen LogP contribution in [0.5, 0.6) is 0 Å². The topological polar surface area (TPSA) is 128 Å². The molecule has 4 rings (SSSR count). The number of rotatable bonds is 5. The molecule has 2 atom stereocenters. The van der Waals surface area contributed by atoms with Gasteiger partial charge in [0, 0.05) is 23.3 Å². The molecule has 2 aromatic rings. The van der Waals surface area contributed by atoms with Crippen molar-refractivity contribution in [3.05, 3.63) is 53.1 Å². The Kier molecular flexibility index (Phi) is 10.3. The number of piperidine rings is 1. The molecular formula is C28H29F6N5O3. The highest BCUT2D eigenvalue weighted by molar-refractivity contribution is 6.41. The average molecular weight is 598 g/mol. The minimum Gasteiger partial charge on any atom is -0.326 e. The van der Waals surface area contributed by atoms with Gasteiger partial charge in [0.15, 0.2) is 5.82 Å². The van der Waals surface area contributed by atoms with E-state index in [0.29, 0.717) is 18.0 Å². The van der Waals surface area contributed by atoms with Crippen LogP contribution in [0.2, 0.25) is 0 Å². The van der Waals surface area contributed by atoms with Crippen molar-refractivity contribution in [3.63, 3.8) is 0 Å². The minimum atomic E-state index is -5.77. The number of carbonyl (C=O) groups is 3. The van der Waals surface area contributed by atoms with Crippen molar-refractivity contribution in [1.29, 1.82) is 5.26 Å². The summed E-state index contributed by atoms with van der Waals surface area (Å²) < 4.78 is 67.0. The third kappa shape index (κ3) is 8.51. The Morgan fingerprint density at radius 2 is 1.62 bits per heavy atom. The minimum absolute atomic E-state index is 0.153. The molecule has 1 aliphatic carbocycles. The van der Waals surface area contributed by atoms with E-state index in [-0.39, 0.29) is 17.4 Å². The number of hydrogen-bond acceptors (Lipinski definition) is 6. The second kappa shape index (κ2) is 13.3. The average Bonchev–Trinajstić information content (AvgIpc) is 3.41.